The molecule has 0 saturated carbocycles. The zero-order valence-electron chi connectivity index (χ0n) is 7.15. The normalized spacial score (nSPS) is 10.5. The van der Waals surface area contributed by atoms with E-state index in [1.165, 1.54) is 6.33 Å². The molecule has 0 spiro atoms. The Morgan fingerprint density at radius 2 is 2.07 bits per heavy atom. The summed E-state index contributed by atoms with van der Waals surface area (Å²) in [5.41, 5.74) is 1.70. The van der Waals surface area contributed by atoms with Gasteiger partial charge in [0.25, 0.3) is 0 Å². The van der Waals surface area contributed by atoms with E-state index in [2.05, 4.69) is 52.1 Å². The van der Waals surface area contributed by atoms with E-state index >= 15 is 0 Å². The molecule has 2 aromatic heterocycles. The quantitative estimate of drug-likeness (QED) is 0.752. The Labute approximate surface area is 96.8 Å². The maximum atomic E-state index is 4.03. The van der Waals surface area contributed by atoms with Crippen LogP contribution in [-0.2, 0) is 7.05 Å². The summed E-state index contributed by atoms with van der Waals surface area (Å²) in [5, 5.41) is 7.76. The van der Waals surface area contributed by atoms with Crippen LogP contribution in [0.15, 0.2) is 21.7 Å². The first-order chi connectivity index (χ1) is 6.70. The van der Waals surface area contributed by atoms with E-state index in [1.54, 1.807) is 10.9 Å². The van der Waals surface area contributed by atoms with Crippen LogP contribution in [0.4, 0.5) is 0 Å². The van der Waals surface area contributed by atoms with Crippen LogP contribution in [-0.4, -0.2) is 25.0 Å². The van der Waals surface area contributed by atoms with Gasteiger partial charge < -0.3 is 0 Å². The fraction of sp³-hybridized carbons (Fsp3) is 0.143. The second-order valence-corrected chi connectivity index (χ2v) is 4.08. The molecule has 0 N–H and O–H groups in total. The maximum absolute atomic E-state index is 4.03. The Bertz CT molecular complexity index is 447. The van der Waals surface area contributed by atoms with Gasteiger partial charge in [0.15, 0.2) is 4.60 Å². The van der Waals surface area contributed by atoms with Crippen molar-refractivity contribution in [2.24, 2.45) is 7.05 Å². The summed E-state index contributed by atoms with van der Waals surface area (Å²) in [6.45, 7) is 0. The highest BCUT2D eigenvalue weighted by Gasteiger charge is 2.13. The van der Waals surface area contributed by atoms with E-state index in [0.29, 0.717) is 4.60 Å². The molecule has 0 amide bonds. The lowest BCUT2D eigenvalue weighted by atomic mass is 10.3. The van der Waals surface area contributed by atoms with E-state index in [4.69, 9.17) is 0 Å². The maximum Gasteiger partial charge on any atom is 0.156 e. The molecule has 2 heterocycles. The van der Waals surface area contributed by atoms with Crippen molar-refractivity contribution in [3.8, 4) is 11.3 Å². The van der Waals surface area contributed by atoms with Gasteiger partial charge in [0, 0.05) is 13.2 Å². The standard InChI is InChI=1S/C7H5Br2N5/c1-14-5(7(9)12-13-14)4-2-10-3-11-6(4)8/h2-3H,1H3. The van der Waals surface area contributed by atoms with Gasteiger partial charge in [0.2, 0.25) is 0 Å². The first-order valence-corrected chi connectivity index (χ1v) is 5.30. The monoisotopic (exact) mass is 317 g/mol. The molecule has 2 aromatic rings. The highest BCUT2D eigenvalue weighted by molar-refractivity contribution is 9.11. The van der Waals surface area contributed by atoms with Crippen molar-refractivity contribution in [1.82, 2.24) is 25.0 Å². The fourth-order valence-electron chi connectivity index (χ4n) is 1.09. The summed E-state index contributed by atoms with van der Waals surface area (Å²) < 4.78 is 3.06. The SMILES string of the molecule is Cn1nnc(Br)c1-c1cncnc1Br. The first kappa shape index (κ1) is 9.72. The second-order valence-electron chi connectivity index (χ2n) is 2.58. The van der Waals surface area contributed by atoms with Crippen molar-refractivity contribution < 1.29 is 0 Å². The van der Waals surface area contributed by atoms with Crippen LogP contribution in [0, 0.1) is 0 Å². The highest BCUT2D eigenvalue weighted by atomic mass is 79.9. The minimum Gasteiger partial charge on any atom is -0.246 e. The number of hydrogen-bond donors (Lipinski definition) is 0. The number of nitrogens with zero attached hydrogens (tertiary/aromatic N) is 5. The second kappa shape index (κ2) is 3.74. The predicted octanol–water partition coefficient (Wildman–Crippen LogP) is 1.80. The zero-order chi connectivity index (χ0) is 10.1. The van der Waals surface area contributed by atoms with Crippen molar-refractivity contribution in [1.29, 1.82) is 0 Å². The van der Waals surface area contributed by atoms with E-state index in [-0.39, 0.29) is 0 Å². The molecule has 0 radical (unpaired) electrons. The molecule has 0 unspecified atom stereocenters. The number of halogens is 2. The van der Waals surface area contributed by atoms with Crippen LogP contribution in [0.5, 0.6) is 0 Å². The number of aromatic nitrogens is 5. The van der Waals surface area contributed by atoms with Gasteiger partial charge in [-0.05, 0) is 31.9 Å². The summed E-state index contributed by atoms with van der Waals surface area (Å²) in [6, 6.07) is 0. The summed E-state index contributed by atoms with van der Waals surface area (Å²) in [4.78, 5) is 7.99. The Kier molecular flexibility index (Phi) is 2.60. The van der Waals surface area contributed by atoms with Gasteiger partial charge in [0.05, 0.1) is 5.56 Å². The van der Waals surface area contributed by atoms with Gasteiger partial charge in [-0.25, -0.2) is 14.6 Å². The molecule has 0 fully saturated rings. The molecule has 0 aliphatic rings. The van der Waals surface area contributed by atoms with Gasteiger partial charge in [-0.15, -0.1) is 5.10 Å². The lowest BCUT2D eigenvalue weighted by Gasteiger charge is -2.02. The Balaban J connectivity index is 2.66. The average Bonchev–Trinajstić information content (AvgIpc) is 2.48. The molecule has 7 heteroatoms. The predicted molar refractivity (Wildman–Crippen MR) is 57.4 cm³/mol. The number of rotatable bonds is 1. The van der Waals surface area contributed by atoms with Gasteiger partial charge in [-0.1, -0.05) is 5.21 Å². The van der Waals surface area contributed by atoms with E-state index in [9.17, 15) is 0 Å². The van der Waals surface area contributed by atoms with Gasteiger partial charge in [-0.2, -0.15) is 0 Å². The Hall–Kier alpha value is -0.820. The molecule has 0 aliphatic carbocycles. The summed E-state index contributed by atoms with van der Waals surface area (Å²) >= 11 is 6.66. The van der Waals surface area contributed by atoms with Crippen LogP contribution < -0.4 is 0 Å². The van der Waals surface area contributed by atoms with Crippen LogP contribution >= 0.6 is 31.9 Å². The molecule has 0 bridgehead atoms. The lowest BCUT2D eigenvalue weighted by molar-refractivity contribution is 0.719. The van der Waals surface area contributed by atoms with E-state index < -0.39 is 0 Å². The largest absolute Gasteiger partial charge is 0.246 e. The molecule has 5 nitrogen and oxygen atoms in total. The van der Waals surface area contributed by atoms with E-state index in [1.807, 2.05) is 7.05 Å². The number of aryl methyl sites for hydroxylation is 1. The van der Waals surface area contributed by atoms with Crippen molar-refractivity contribution in [3.63, 3.8) is 0 Å². The molecule has 0 atom stereocenters. The summed E-state index contributed by atoms with van der Waals surface area (Å²) in [7, 11) is 1.81. The molecule has 0 aromatic carbocycles. The molecule has 14 heavy (non-hydrogen) atoms. The van der Waals surface area contributed by atoms with Crippen molar-refractivity contribution in [3.05, 3.63) is 21.7 Å². The van der Waals surface area contributed by atoms with Crippen molar-refractivity contribution >= 4 is 31.9 Å². The minimum absolute atomic E-state index is 0.676. The Morgan fingerprint density at radius 1 is 1.29 bits per heavy atom. The van der Waals surface area contributed by atoms with E-state index in [0.717, 1.165) is 15.9 Å². The molecular formula is C7H5Br2N5. The average molecular weight is 319 g/mol. The van der Waals surface area contributed by atoms with Gasteiger partial charge >= 0.3 is 0 Å². The van der Waals surface area contributed by atoms with Gasteiger partial charge in [0.1, 0.15) is 16.6 Å². The molecule has 2 rings (SSSR count). The molecule has 72 valence electrons. The van der Waals surface area contributed by atoms with Crippen LogP contribution in [0.1, 0.15) is 0 Å². The van der Waals surface area contributed by atoms with Crippen molar-refractivity contribution in [2.45, 2.75) is 0 Å². The third-order valence-electron chi connectivity index (χ3n) is 1.70. The zero-order valence-corrected chi connectivity index (χ0v) is 10.3. The first-order valence-electron chi connectivity index (χ1n) is 3.71. The summed E-state index contributed by atoms with van der Waals surface area (Å²) in [6.07, 6.45) is 3.19. The lowest BCUT2D eigenvalue weighted by Crippen LogP contribution is -1.96. The van der Waals surface area contributed by atoms with Crippen LogP contribution in [0.2, 0.25) is 0 Å². The molecule has 0 saturated heterocycles. The Morgan fingerprint density at radius 3 is 2.64 bits per heavy atom. The van der Waals surface area contributed by atoms with Crippen LogP contribution in [0.3, 0.4) is 0 Å². The highest BCUT2D eigenvalue weighted by Crippen LogP contribution is 2.29. The third kappa shape index (κ3) is 1.57. The minimum atomic E-state index is 0.676. The fourth-order valence-corrected chi connectivity index (χ4v) is 2.01. The van der Waals surface area contributed by atoms with Gasteiger partial charge in [-0.3, -0.25) is 0 Å². The smallest absolute Gasteiger partial charge is 0.156 e. The third-order valence-corrected chi connectivity index (χ3v) is 2.87. The topological polar surface area (TPSA) is 56.5 Å². The summed E-state index contributed by atoms with van der Waals surface area (Å²) in [5.74, 6) is 0. The van der Waals surface area contributed by atoms with Crippen molar-refractivity contribution in [2.75, 3.05) is 0 Å². The number of hydrogen-bond acceptors (Lipinski definition) is 4. The molecular weight excluding hydrogens is 314 g/mol. The molecule has 0 aliphatic heterocycles. The van der Waals surface area contributed by atoms with Crippen LogP contribution in [0.25, 0.3) is 11.3 Å².